The number of hydrogen-bond donors (Lipinski definition) is 1. The first-order chi connectivity index (χ1) is 16.3. The predicted molar refractivity (Wildman–Crippen MR) is 125 cm³/mol. The lowest BCUT2D eigenvalue weighted by Gasteiger charge is -2.36. The van der Waals surface area contributed by atoms with Crippen LogP contribution in [0.15, 0.2) is 30.5 Å². The number of benzene rings is 1. The number of nitrogens with one attached hydrogen (secondary N) is 1. The highest BCUT2D eigenvalue weighted by atomic mass is 19.1. The Morgan fingerprint density at radius 2 is 1.91 bits per heavy atom. The van der Waals surface area contributed by atoms with Crippen LogP contribution < -0.4 is 15.0 Å². The van der Waals surface area contributed by atoms with Crippen molar-refractivity contribution >= 4 is 23.2 Å². The third kappa shape index (κ3) is 5.91. The van der Waals surface area contributed by atoms with Gasteiger partial charge in [-0.15, -0.1) is 0 Å². The van der Waals surface area contributed by atoms with Gasteiger partial charge in [0.1, 0.15) is 6.17 Å². The smallest absolute Gasteiger partial charge is 0.255 e. The van der Waals surface area contributed by atoms with E-state index in [1.807, 2.05) is 24.3 Å². The van der Waals surface area contributed by atoms with Crippen LogP contribution in [0, 0.1) is 11.7 Å². The minimum atomic E-state index is -1.23. The molecular formula is C24H31F2N5O3. The Hall–Kier alpha value is -3.01. The molecule has 0 bridgehead atoms. The quantitative estimate of drug-likeness (QED) is 0.684. The van der Waals surface area contributed by atoms with Gasteiger partial charge in [0.2, 0.25) is 17.7 Å². The molecule has 0 aliphatic carbocycles. The Morgan fingerprint density at radius 1 is 1.21 bits per heavy atom. The van der Waals surface area contributed by atoms with Gasteiger partial charge in [-0.05, 0) is 44.5 Å². The van der Waals surface area contributed by atoms with Crippen LogP contribution in [0.3, 0.4) is 0 Å². The first kappa shape index (κ1) is 24.1. The number of likely N-dealkylation sites (tertiary alicyclic amines) is 1. The normalized spacial score (nSPS) is 25.2. The van der Waals surface area contributed by atoms with Crippen molar-refractivity contribution in [3.8, 4) is 5.88 Å². The summed E-state index contributed by atoms with van der Waals surface area (Å²) in [6, 6.07) is 7.82. The molecule has 1 N–H and O–H groups in total. The Balaban J connectivity index is 1.35. The van der Waals surface area contributed by atoms with E-state index in [4.69, 9.17) is 9.47 Å². The number of ether oxygens (including phenoxy) is 2. The lowest BCUT2D eigenvalue weighted by atomic mass is 9.96. The molecule has 4 atom stereocenters. The number of anilines is 3. The van der Waals surface area contributed by atoms with Crippen LogP contribution in [0.4, 0.5) is 26.1 Å². The van der Waals surface area contributed by atoms with Crippen molar-refractivity contribution in [3.63, 3.8) is 0 Å². The van der Waals surface area contributed by atoms with Crippen LogP contribution in [0.5, 0.6) is 5.88 Å². The molecule has 8 nitrogen and oxygen atoms in total. The number of carbonyl (C=O) groups is 1. The molecule has 1 amide bonds. The SMILES string of the molecule is CC(=O)N1CCC(COc2nc(Nc3ccc(N4C[C@@H](C)O[C@@H](C)C4)cc3)ncc2F)C(F)C1. The third-order valence-electron chi connectivity index (χ3n) is 6.18. The maximum absolute atomic E-state index is 14.4. The zero-order valence-corrected chi connectivity index (χ0v) is 19.7. The molecule has 2 aliphatic heterocycles. The molecule has 10 heteroatoms. The van der Waals surface area contributed by atoms with Gasteiger partial charge in [0.25, 0.3) is 5.88 Å². The number of hydrogen-bond acceptors (Lipinski definition) is 7. The zero-order valence-electron chi connectivity index (χ0n) is 19.7. The van der Waals surface area contributed by atoms with Gasteiger partial charge in [-0.1, -0.05) is 0 Å². The van der Waals surface area contributed by atoms with Gasteiger partial charge in [0, 0.05) is 43.9 Å². The van der Waals surface area contributed by atoms with Crippen LogP contribution in [-0.2, 0) is 9.53 Å². The molecule has 2 saturated heterocycles. The number of alkyl halides is 1. The van der Waals surface area contributed by atoms with E-state index in [9.17, 15) is 13.6 Å². The molecule has 2 fully saturated rings. The highest BCUT2D eigenvalue weighted by molar-refractivity contribution is 5.73. The van der Waals surface area contributed by atoms with Crippen LogP contribution in [0.25, 0.3) is 0 Å². The Morgan fingerprint density at radius 3 is 2.56 bits per heavy atom. The maximum Gasteiger partial charge on any atom is 0.255 e. The fourth-order valence-corrected chi connectivity index (χ4v) is 4.40. The second kappa shape index (κ2) is 10.5. The summed E-state index contributed by atoms with van der Waals surface area (Å²) >= 11 is 0. The maximum atomic E-state index is 14.4. The van der Waals surface area contributed by atoms with E-state index in [1.165, 1.54) is 11.8 Å². The van der Waals surface area contributed by atoms with Gasteiger partial charge in [-0.25, -0.2) is 9.37 Å². The summed E-state index contributed by atoms with van der Waals surface area (Å²) < 4.78 is 39.9. The van der Waals surface area contributed by atoms with Gasteiger partial charge in [-0.3, -0.25) is 4.79 Å². The average molecular weight is 476 g/mol. The number of rotatable bonds is 6. The third-order valence-corrected chi connectivity index (χ3v) is 6.18. The van der Waals surface area contributed by atoms with Crippen LogP contribution in [0.2, 0.25) is 0 Å². The fourth-order valence-electron chi connectivity index (χ4n) is 4.40. The number of aromatic nitrogens is 2. The molecule has 34 heavy (non-hydrogen) atoms. The monoisotopic (exact) mass is 475 g/mol. The lowest BCUT2D eigenvalue weighted by molar-refractivity contribution is -0.132. The van der Waals surface area contributed by atoms with E-state index in [-0.39, 0.29) is 43.1 Å². The molecule has 1 aromatic heterocycles. The second-order valence-electron chi connectivity index (χ2n) is 9.02. The van der Waals surface area contributed by atoms with Crippen molar-refractivity contribution in [1.29, 1.82) is 0 Å². The first-order valence-corrected chi connectivity index (χ1v) is 11.6. The summed E-state index contributed by atoms with van der Waals surface area (Å²) in [6.07, 6.45) is 0.590. The molecule has 3 heterocycles. The van der Waals surface area contributed by atoms with Crippen LogP contribution in [-0.4, -0.2) is 71.9 Å². The Bertz CT molecular complexity index is 983. The minimum Gasteiger partial charge on any atom is -0.475 e. The Kier molecular flexibility index (Phi) is 7.45. The summed E-state index contributed by atoms with van der Waals surface area (Å²) in [6.45, 7) is 7.66. The second-order valence-corrected chi connectivity index (χ2v) is 9.02. The molecular weight excluding hydrogens is 444 g/mol. The Labute approximate surface area is 198 Å². The van der Waals surface area contributed by atoms with E-state index in [1.54, 1.807) is 0 Å². The number of nitrogens with zero attached hydrogens (tertiary/aromatic N) is 4. The van der Waals surface area contributed by atoms with E-state index in [0.29, 0.717) is 13.0 Å². The van der Waals surface area contributed by atoms with Gasteiger partial charge in [0.15, 0.2) is 0 Å². The largest absolute Gasteiger partial charge is 0.475 e. The number of piperidine rings is 1. The van der Waals surface area contributed by atoms with E-state index in [2.05, 4.69) is 34.0 Å². The van der Waals surface area contributed by atoms with Crippen molar-refractivity contribution in [3.05, 3.63) is 36.3 Å². The molecule has 2 aromatic rings. The van der Waals surface area contributed by atoms with Crippen LogP contribution in [0.1, 0.15) is 27.2 Å². The van der Waals surface area contributed by atoms with E-state index >= 15 is 0 Å². The van der Waals surface area contributed by atoms with Gasteiger partial charge in [-0.2, -0.15) is 9.37 Å². The molecule has 4 rings (SSSR count). The topological polar surface area (TPSA) is 79.8 Å². The van der Waals surface area contributed by atoms with Gasteiger partial charge < -0.3 is 24.6 Å². The molecule has 184 valence electrons. The summed E-state index contributed by atoms with van der Waals surface area (Å²) in [5.74, 6) is -1.35. The van der Waals surface area contributed by atoms with Crippen molar-refractivity contribution in [2.75, 3.05) is 43.0 Å². The fraction of sp³-hybridized carbons (Fsp3) is 0.542. The molecule has 2 unspecified atom stereocenters. The molecule has 0 spiro atoms. The highest BCUT2D eigenvalue weighted by Crippen LogP contribution is 2.26. The average Bonchev–Trinajstić information content (AvgIpc) is 2.80. The number of morpholine rings is 1. The van der Waals surface area contributed by atoms with E-state index in [0.717, 1.165) is 30.7 Å². The highest BCUT2D eigenvalue weighted by Gasteiger charge is 2.31. The summed E-state index contributed by atoms with van der Waals surface area (Å²) in [5.41, 5.74) is 1.84. The molecule has 2 aliphatic rings. The van der Waals surface area contributed by atoms with Crippen molar-refractivity contribution in [2.24, 2.45) is 5.92 Å². The summed E-state index contributed by atoms with van der Waals surface area (Å²) in [7, 11) is 0. The molecule has 1 aromatic carbocycles. The number of amides is 1. The lowest BCUT2D eigenvalue weighted by Crippen LogP contribution is -2.45. The molecule has 0 radical (unpaired) electrons. The molecule has 0 saturated carbocycles. The van der Waals surface area contributed by atoms with Crippen molar-refractivity contribution in [1.82, 2.24) is 14.9 Å². The van der Waals surface area contributed by atoms with Crippen molar-refractivity contribution in [2.45, 2.75) is 45.6 Å². The number of carbonyl (C=O) groups excluding carboxylic acids is 1. The number of halogens is 2. The predicted octanol–water partition coefficient (Wildman–Crippen LogP) is 3.56. The standard InChI is InChI=1S/C24H31F2N5O3/c1-15-11-31(12-16(2)34-15)20-6-4-19(5-7-20)28-24-27-10-21(25)23(29-24)33-14-18-8-9-30(17(3)32)13-22(18)26/h4-7,10,15-16,18,22H,8-9,11-14H2,1-3H3,(H,27,28,29)/t15-,16+,18?,22?. The van der Waals surface area contributed by atoms with Crippen molar-refractivity contribution < 1.29 is 23.0 Å². The van der Waals surface area contributed by atoms with Gasteiger partial charge >= 0.3 is 0 Å². The van der Waals surface area contributed by atoms with Crippen LogP contribution >= 0.6 is 0 Å². The zero-order chi connectivity index (χ0) is 24.2. The van der Waals surface area contributed by atoms with Gasteiger partial charge in [0.05, 0.1) is 31.6 Å². The minimum absolute atomic E-state index is 0.0224. The van der Waals surface area contributed by atoms with E-state index < -0.39 is 17.9 Å². The first-order valence-electron chi connectivity index (χ1n) is 11.6. The summed E-state index contributed by atoms with van der Waals surface area (Å²) in [5, 5.41) is 3.05. The summed E-state index contributed by atoms with van der Waals surface area (Å²) in [4.78, 5) is 23.3.